The van der Waals surface area contributed by atoms with Crippen LogP contribution in [0.5, 0.6) is 0 Å². The second-order valence-corrected chi connectivity index (χ2v) is 7.52. The summed E-state index contributed by atoms with van der Waals surface area (Å²) in [5.41, 5.74) is 13.4. The summed E-state index contributed by atoms with van der Waals surface area (Å²) in [6, 6.07) is 1.14. The number of fused-ring (bicyclic) bond motifs is 1. The van der Waals surface area contributed by atoms with Crippen LogP contribution in [0.2, 0.25) is 0 Å². The third kappa shape index (κ3) is 7.47. The Morgan fingerprint density at radius 3 is 2.44 bits per heavy atom. The van der Waals surface area contributed by atoms with E-state index in [0.29, 0.717) is 17.9 Å². The minimum Gasteiger partial charge on any atom is -0.470 e. The lowest BCUT2D eigenvalue weighted by Gasteiger charge is -2.25. The van der Waals surface area contributed by atoms with E-state index in [-0.39, 0.29) is 29.0 Å². The number of nitrogens with zero attached hydrogens (tertiary/aromatic N) is 2. The Bertz CT molecular complexity index is 882. The Kier molecular flexibility index (Phi) is 9.54. The molecule has 0 saturated heterocycles. The number of alkyl halides is 3. The molecule has 1 unspecified atom stereocenters. The van der Waals surface area contributed by atoms with Gasteiger partial charge in [-0.25, -0.2) is 4.98 Å². The minimum atomic E-state index is -4.49. The number of carbonyl (C=O) groups excluding carboxylic acids is 2. The number of nitrogens with one attached hydrogen (secondary N) is 1. The summed E-state index contributed by atoms with van der Waals surface area (Å²) in [6.45, 7) is 5.74. The summed E-state index contributed by atoms with van der Waals surface area (Å²) in [6.07, 6.45) is -0.619. The van der Waals surface area contributed by atoms with E-state index in [9.17, 15) is 22.8 Å². The Morgan fingerprint density at radius 1 is 1.34 bits per heavy atom. The number of pyridine rings is 1. The lowest BCUT2D eigenvalue weighted by atomic mass is 10.1. The Balaban J connectivity index is 0.000000920. The van der Waals surface area contributed by atoms with Gasteiger partial charge in [0.05, 0.1) is 12.6 Å². The molecule has 2 heterocycles. The number of halogens is 3. The standard InChI is InChI=1S/C17H22F3N5O2.C4H8O/c1-9(14(22)27-8-17(18,19)20)6-13(21)10(2)25-7-12-11(16(25)26)4-5-24-15(12)23-3;1-4(2)3-5/h4-6,10H,7-8,21-22H2,1-3H3,(H,23,24);3-4H,1-2H3/b13-6-,14-9+;. The lowest BCUT2D eigenvalue weighted by Crippen LogP contribution is -2.37. The third-order valence-corrected chi connectivity index (χ3v) is 4.50. The number of nitrogens with two attached hydrogens (primary N) is 2. The van der Waals surface area contributed by atoms with Crippen LogP contribution in [-0.4, -0.2) is 47.9 Å². The molecule has 11 heteroatoms. The molecule has 0 radical (unpaired) electrons. The van der Waals surface area contributed by atoms with Gasteiger partial charge in [0.25, 0.3) is 5.91 Å². The Hall–Kier alpha value is -3.24. The molecule has 5 N–H and O–H groups in total. The number of aromatic nitrogens is 1. The second kappa shape index (κ2) is 11.4. The predicted octanol–water partition coefficient (Wildman–Crippen LogP) is 2.92. The largest absolute Gasteiger partial charge is 0.470 e. The molecule has 0 aromatic carbocycles. The molecule has 0 spiro atoms. The fourth-order valence-corrected chi connectivity index (χ4v) is 2.67. The van der Waals surface area contributed by atoms with Gasteiger partial charge in [-0.2, -0.15) is 13.2 Å². The summed E-state index contributed by atoms with van der Waals surface area (Å²) in [7, 11) is 1.71. The first-order valence-corrected chi connectivity index (χ1v) is 9.87. The molecule has 0 bridgehead atoms. The number of hydrogen-bond donors (Lipinski definition) is 3. The zero-order valence-electron chi connectivity index (χ0n) is 18.8. The highest BCUT2D eigenvalue weighted by Gasteiger charge is 2.33. The van der Waals surface area contributed by atoms with Crippen molar-refractivity contribution in [2.45, 2.75) is 46.5 Å². The van der Waals surface area contributed by atoms with Crippen LogP contribution >= 0.6 is 0 Å². The molecule has 1 amide bonds. The van der Waals surface area contributed by atoms with Gasteiger partial charge >= 0.3 is 6.18 Å². The van der Waals surface area contributed by atoms with E-state index >= 15 is 0 Å². The maximum absolute atomic E-state index is 12.6. The molecular formula is C21H30F3N5O3. The van der Waals surface area contributed by atoms with Crippen LogP contribution in [0, 0.1) is 5.92 Å². The molecule has 1 aliphatic heterocycles. The average molecular weight is 457 g/mol. The first-order valence-electron chi connectivity index (χ1n) is 9.87. The number of rotatable bonds is 7. The fraction of sp³-hybridized carbons (Fsp3) is 0.476. The smallest absolute Gasteiger partial charge is 0.422 e. The lowest BCUT2D eigenvalue weighted by molar-refractivity contribution is -0.165. The van der Waals surface area contributed by atoms with Gasteiger partial charge in [-0.1, -0.05) is 13.8 Å². The summed E-state index contributed by atoms with van der Waals surface area (Å²) in [4.78, 5) is 27.9. The maximum Gasteiger partial charge on any atom is 0.422 e. The zero-order valence-corrected chi connectivity index (χ0v) is 18.8. The number of ether oxygens (including phenoxy) is 1. The predicted molar refractivity (Wildman–Crippen MR) is 115 cm³/mol. The molecular weight excluding hydrogens is 427 g/mol. The fourth-order valence-electron chi connectivity index (χ4n) is 2.67. The first-order chi connectivity index (χ1) is 14.8. The first kappa shape index (κ1) is 26.8. The summed E-state index contributed by atoms with van der Waals surface area (Å²) < 4.78 is 41.1. The van der Waals surface area contributed by atoms with Crippen molar-refractivity contribution in [3.63, 3.8) is 0 Å². The van der Waals surface area contributed by atoms with E-state index in [1.54, 1.807) is 31.1 Å². The molecule has 8 nitrogen and oxygen atoms in total. The SMILES string of the molecule is CC(C)C=O.CNc1nccc2c1CN(C(C)/C(N)=C/C(C)=C(\N)OCC(F)(F)F)C2=O. The van der Waals surface area contributed by atoms with Gasteiger partial charge in [0.1, 0.15) is 12.1 Å². The number of hydrogen-bond acceptors (Lipinski definition) is 7. The highest BCUT2D eigenvalue weighted by molar-refractivity contribution is 6.00. The van der Waals surface area contributed by atoms with E-state index in [4.69, 9.17) is 11.5 Å². The van der Waals surface area contributed by atoms with Crippen molar-refractivity contribution in [1.82, 2.24) is 9.88 Å². The van der Waals surface area contributed by atoms with Gasteiger partial charge in [-0.15, -0.1) is 0 Å². The van der Waals surface area contributed by atoms with Crippen LogP contribution in [0.15, 0.2) is 35.5 Å². The molecule has 1 aliphatic rings. The Labute approximate surface area is 185 Å². The van der Waals surface area contributed by atoms with Crippen molar-refractivity contribution in [1.29, 1.82) is 0 Å². The van der Waals surface area contributed by atoms with E-state index in [1.807, 2.05) is 13.8 Å². The minimum absolute atomic E-state index is 0.198. The third-order valence-electron chi connectivity index (χ3n) is 4.50. The van der Waals surface area contributed by atoms with Crippen molar-refractivity contribution in [2.24, 2.45) is 17.4 Å². The van der Waals surface area contributed by atoms with E-state index in [1.165, 1.54) is 13.0 Å². The topological polar surface area (TPSA) is 124 Å². The number of carbonyl (C=O) groups is 2. The van der Waals surface area contributed by atoms with Crippen LogP contribution in [0.3, 0.4) is 0 Å². The van der Waals surface area contributed by atoms with Crippen molar-refractivity contribution >= 4 is 18.0 Å². The molecule has 1 aromatic heterocycles. The normalized spacial score (nSPS) is 15.5. The molecule has 178 valence electrons. The second-order valence-electron chi connectivity index (χ2n) is 7.52. The van der Waals surface area contributed by atoms with Gasteiger partial charge in [0.15, 0.2) is 12.5 Å². The monoisotopic (exact) mass is 457 g/mol. The van der Waals surface area contributed by atoms with Crippen molar-refractivity contribution in [3.05, 3.63) is 46.6 Å². The van der Waals surface area contributed by atoms with Crippen LogP contribution in [0.1, 0.15) is 43.6 Å². The summed E-state index contributed by atoms with van der Waals surface area (Å²) in [5.74, 6) is 0.241. The highest BCUT2D eigenvalue weighted by Crippen LogP contribution is 2.30. The van der Waals surface area contributed by atoms with E-state index in [2.05, 4.69) is 15.0 Å². The average Bonchev–Trinajstić information content (AvgIpc) is 3.07. The van der Waals surface area contributed by atoms with Crippen LogP contribution in [0.4, 0.5) is 19.0 Å². The zero-order chi connectivity index (χ0) is 24.6. The molecule has 1 aromatic rings. The van der Waals surface area contributed by atoms with Gasteiger partial charge < -0.3 is 31.2 Å². The molecule has 2 rings (SSSR count). The van der Waals surface area contributed by atoms with Crippen LogP contribution < -0.4 is 16.8 Å². The Morgan fingerprint density at radius 2 is 1.94 bits per heavy atom. The summed E-state index contributed by atoms with van der Waals surface area (Å²) in [5, 5.41) is 2.94. The van der Waals surface area contributed by atoms with Crippen molar-refractivity contribution in [3.8, 4) is 0 Å². The number of aldehydes is 1. The quantitative estimate of drug-likeness (QED) is 0.327. The summed E-state index contributed by atoms with van der Waals surface area (Å²) >= 11 is 0. The molecule has 0 fully saturated rings. The maximum atomic E-state index is 12.6. The number of amides is 1. The van der Waals surface area contributed by atoms with Crippen LogP contribution in [0.25, 0.3) is 0 Å². The van der Waals surface area contributed by atoms with E-state index < -0.39 is 18.8 Å². The van der Waals surface area contributed by atoms with Crippen molar-refractivity contribution < 1.29 is 27.5 Å². The van der Waals surface area contributed by atoms with Gasteiger partial charge in [0.2, 0.25) is 0 Å². The molecule has 0 saturated carbocycles. The van der Waals surface area contributed by atoms with Gasteiger partial charge in [-0.05, 0) is 26.0 Å². The highest BCUT2D eigenvalue weighted by atomic mass is 19.4. The molecule has 1 atom stereocenters. The van der Waals surface area contributed by atoms with Crippen molar-refractivity contribution in [2.75, 3.05) is 19.0 Å². The van der Waals surface area contributed by atoms with Gasteiger partial charge in [0, 0.05) is 41.6 Å². The van der Waals surface area contributed by atoms with Crippen LogP contribution in [-0.2, 0) is 16.1 Å². The molecule has 0 aliphatic carbocycles. The molecule has 32 heavy (non-hydrogen) atoms. The number of anilines is 1. The number of allylic oxidation sites excluding steroid dienone is 2. The van der Waals surface area contributed by atoms with E-state index in [0.717, 1.165) is 11.8 Å². The van der Waals surface area contributed by atoms with Gasteiger partial charge in [-0.3, -0.25) is 4.79 Å².